The number of aromatic nitrogens is 5. The molecular formula is C20H23N7O. The van der Waals surface area contributed by atoms with Crippen molar-refractivity contribution in [2.24, 2.45) is 13.0 Å². The number of pyridine rings is 1. The maximum atomic E-state index is 9.26. The highest BCUT2D eigenvalue weighted by Crippen LogP contribution is 2.27. The lowest BCUT2D eigenvalue weighted by Crippen LogP contribution is -2.28. The molecule has 0 radical (unpaired) electrons. The highest BCUT2D eigenvalue weighted by atomic mass is 16.5. The molecule has 1 N–H and O–H groups in total. The molecule has 3 aromatic rings. The van der Waals surface area contributed by atoms with Gasteiger partial charge in [0.1, 0.15) is 17.3 Å². The van der Waals surface area contributed by atoms with Crippen LogP contribution in [0.1, 0.15) is 30.7 Å². The van der Waals surface area contributed by atoms with Crippen molar-refractivity contribution in [1.29, 1.82) is 5.26 Å². The van der Waals surface area contributed by atoms with Gasteiger partial charge in [-0.25, -0.2) is 15.0 Å². The van der Waals surface area contributed by atoms with E-state index >= 15 is 0 Å². The molecule has 1 aliphatic rings. The Morgan fingerprint density at radius 3 is 2.86 bits per heavy atom. The summed E-state index contributed by atoms with van der Waals surface area (Å²) in [7, 11) is 1.84. The Bertz CT molecular complexity index is 1030. The van der Waals surface area contributed by atoms with Crippen LogP contribution in [0.4, 0.5) is 0 Å². The zero-order valence-corrected chi connectivity index (χ0v) is 16.1. The zero-order chi connectivity index (χ0) is 19.5. The maximum Gasteiger partial charge on any atom is 0.234 e. The number of hydrogen-bond donors (Lipinski definition) is 1. The first-order chi connectivity index (χ1) is 13.7. The van der Waals surface area contributed by atoms with E-state index in [1.165, 1.54) is 12.8 Å². The fourth-order valence-electron chi connectivity index (χ4n) is 3.59. The van der Waals surface area contributed by atoms with Crippen molar-refractivity contribution in [1.82, 2.24) is 29.8 Å². The molecule has 1 fully saturated rings. The summed E-state index contributed by atoms with van der Waals surface area (Å²) in [5.41, 5.74) is 3.62. The number of piperidine rings is 1. The van der Waals surface area contributed by atoms with Gasteiger partial charge in [-0.3, -0.25) is 0 Å². The second kappa shape index (κ2) is 7.90. The van der Waals surface area contributed by atoms with Gasteiger partial charge in [0.25, 0.3) is 0 Å². The third-order valence-electron chi connectivity index (χ3n) is 5.19. The Balaban J connectivity index is 1.55. The van der Waals surface area contributed by atoms with Gasteiger partial charge in [-0.1, -0.05) is 0 Å². The highest BCUT2D eigenvalue weighted by molar-refractivity contribution is 5.87. The van der Waals surface area contributed by atoms with Crippen LogP contribution in [0.15, 0.2) is 18.6 Å². The van der Waals surface area contributed by atoms with Crippen LogP contribution in [-0.4, -0.2) is 44.2 Å². The number of fused-ring (bicyclic) bond motifs is 1. The third-order valence-corrected chi connectivity index (χ3v) is 5.19. The van der Waals surface area contributed by atoms with E-state index in [0.29, 0.717) is 29.3 Å². The van der Waals surface area contributed by atoms with E-state index in [1.807, 2.05) is 26.1 Å². The van der Waals surface area contributed by atoms with Gasteiger partial charge in [-0.15, -0.1) is 0 Å². The highest BCUT2D eigenvalue weighted by Gasteiger charge is 2.16. The molecule has 1 aliphatic heterocycles. The molecule has 0 bridgehead atoms. The second-order valence-corrected chi connectivity index (χ2v) is 7.21. The molecule has 1 saturated heterocycles. The van der Waals surface area contributed by atoms with Crippen molar-refractivity contribution >= 4 is 11.2 Å². The number of nitrogens with zero attached hydrogens (tertiary/aromatic N) is 6. The molecule has 0 spiro atoms. The lowest BCUT2D eigenvalue weighted by Gasteiger charge is -2.22. The van der Waals surface area contributed by atoms with E-state index < -0.39 is 0 Å². The summed E-state index contributed by atoms with van der Waals surface area (Å²) in [4.78, 5) is 17.5. The number of imidazole rings is 1. The van der Waals surface area contributed by atoms with Crippen LogP contribution in [0.5, 0.6) is 5.88 Å². The number of aryl methyl sites for hydroxylation is 2. The fraction of sp³-hybridized carbons (Fsp3) is 0.450. The van der Waals surface area contributed by atoms with Crippen LogP contribution in [0.2, 0.25) is 0 Å². The minimum Gasteiger partial charge on any atom is -0.477 e. The average Bonchev–Trinajstić information content (AvgIpc) is 3.10. The number of nitriles is 1. The second-order valence-electron chi connectivity index (χ2n) is 7.21. The van der Waals surface area contributed by atoms with Crippen LogP contribution >= 0.6 is 0 Å². The molecule has 0 atom stereocenters. The van der Waals surface area contributed by atoms with Crippen molar-refractivity contribution in [3.63, 3.8) is 0 Å². The van der Waals surface area contributed by atoms with E-state index in [1.54, 1.807) is 17.1 Å². The Labute approximate surface area is 163 Å². The molecule has 0 amide bonds. The normalized spacial score (nSPS) is 14.9. The summed E-state index contributed by atoms with van der Waals surface area (Å²) in [5, 5.41) is 12.6. The van der Waals surface area contributed by atoms with E-state index in [2.05, 4.69) is 25.3 Å². The smallest absolute Gasteiger partial charge is 0.234 e. The van der Waals surface area contributed by atoms with E-state index in [9.17, 15) is 5.26 Å². The first kappa shape index (κ1) is 18.3. The Morgan fingerprint density at radius 2 is 2.11 bits per heavy atom. The molecule has 8 nitrogen and oxygen atoms in total. The molecule has 0 unspecified atom stereocenters. The molecule has 3 aromatic heterocycles. The van der Waals surface area contributed by atoms with E-state index in [-0.39, 0.29) is 5.82 Å². The molecule has 144 valence electrons. The van der Waals surface area contributed by atoms with Crippen molar-refractivity contribution in [3.8, 4) is 23.2 Å². The van der Waals surface area contributed by atoms with Gasteiger partial charge in [-0.2, -0.15) is 10.2 Å². The zero-order valence-electron chi connectivity index (χ0n) is 16.1. The summed E-state index contributed by atoms with van der Waals surface area (Å²) in [6.07, 6.45) is 6.87. The Hall–Kier alpha value is -3.05. The monoisotopic (exact) mass is 377 g/mol. The van der Waals surface area contributed by atoms with Crippen molar-refractivity contribution in [2.75, 3.05) is 19.7 Å². The van der Waals surface area contributed by atoms with Gasteiger partial charge in [-0.05, 0) is 51.3 Å². The molecule has 28 heavy (non-hydrogen) atoms. The van der Waals surface area contributed by atoms with Crippen molar-refractivity contribution < 1.29 is 4.74 Å². The molecule has 0 aromatic carbocycles. The predicted molar refractivity (Wildman–Crippen MR) is 105 cm³/mol. The van der Waals surface area contributed by atoms with Crippen molar-refractivity contribution in [3.05, 3.63) is 30.0 Å². The number of ether oxygens (including phenoxy) is 1. The molecular weight excluding hydrogens is 354 g/mol. The molecule has 4 rings (SSSR count). The Morgan fingerprint density at radius 1 is 1.29 bits per heavy atom. The first-order valence-corrected chi connectivity index (χ1v) is 9.55. The number of hydrogen-bond acceptors (Lipinski definition) is 7. The topological polar surface area (TPSA) is 102 Å². The summed E-state index contributed by atoms with van der Waals surface area (Å²) in [6.45, 7) is 4.84. The predicted octanol–water partition coefficient (Wildman–Crippen LogP) is 2.37. The Kier molecular flexibility index (Phi) is 5.17. The summed E-state index contributed by atoms with van der Waals surface area (Å²) in [5.74, 6) is 1.49. The SMILES string of the molecule is Cc1cc(-c2nc(C#N)nc3c2ncn3C)cnc1OCCC1CCNCC1. The fourth-order valence-corrected chi connectivity index (χ4v) is 3.59. The number of nitrogens with one attached hydrogen (secondary N) is 1. The quantitative estimate of drug-likeness (QED) is 0.728. The first-order valence-electron chi connectivity index (χ1n) is 9.55. The van der Waals surface area contributed by atoms with Crippen LogP contribution in [0.25, 0.3) is 22.4 Å². The molecule has 0 aliphatic carbocycles. The minimum atomic E-state index is 0.117. The van der Waals surface area contributed by atoms with Crippen LogP contribution in [-0.2, 0) is 7.05 Å². The van der Waals surface area contributed by atoms with Gasteiger partial charge < -0.3 is 14.6 Å². The lowest BCUT2D eigenvalue weighted by molar-refractivity contribution is 0.244. The van der Waals surface area contributed by atoms with Gasteiger partial charge in [0.15, 0.2) is 5.65 Å². The minimum absolute atomic E-state index is 0.117. The largest absolute Gasteiger partial charge is 0.477 e. The van der Waals surface area contributed by atoms with E-state index in [0.717, 1.165) is 36.6 Å². The molecule has 0 saturated carbocycles. The maximum absolute atomic E-state index is 9.26. The van der Waals surface area contributed by atoms with Crippen molar-refractivity contribution in [2.45, 2.75) is 26.2 Å². The number of rotatable bonds is 5. The third kappa shape index (κ3) is 3.66. The molecule has 4 heterocycles. The average molecular weight is 377 g/mol. The standard InChI is InChI=1S/C20H23N7O/c1-13-9-15(11-23-20(13)28-8-5-14-3-6-22-7-4-14)17-18-19(27(2)12-24-18)26-16(10-21)25-17/h9,11-12,14,22H,3-8H2,1-2H3. The summed E-state index contributed by atoms with van der Waals surface area (Å²) >= 11 is 0. The lowest BCUT2D eigenvalue weighted by atomic mass is 9.95. The van der Waals surface area contributed by atoms with Gasteiger partial charge in [0.2, 0.25) is 11.7 Å². The summed E-state index contributed by atoms with van der Waals surface area (Å²) in [6, 6.07) is 4.00. The van der Waals surface area contributed by atoms with E-state index in [4.69, 9.17) is 4.74 Å². The molecule has 8 heteroatoms. The van der Waals surface area contributed by atoms with Gasteiger partial charge >= 0.3 is 0 Å². The van der Waals surface area contributed by atoms with Crippen LogP contribution in [0.3, 0.4) is 0 Å². The van der Waals surface area contributed by atoms with Gasteiger partial charge in [0, 0.05) is 24.4 Å². The van der Waals surface area contributed by atoms with Crippen LogP contribution in [0, 0.1) is 24.2 Å². The van der Waals surface area contributed by atoms with Crippen LogP contribution < -0.4 is 10.1 Å². The van der Waals surface area contributed by atoms with Gasteiger partial charge in [0.05, 0.1) is 12.9 Å². The summed E-state index contributed by atoms with van der Waals surface area (Å²) < 4.78 is 7.71.